The Morgan fingerprint density at radius 2 is 2.27 bits per heavy atom. The number of hydrogen-bond donors (Lipinski definition) is 1. The summed E-state index contributed by atoms with van der Waals surface area (Å²) in [5.41, 5.74) is 0.645. The molecule has 0 radical (unpaired) electrons. The van der Waals surface area contributed by atoms with Gasteiger partial charge in [-0.3, -0.25) is 9.36 Å². The Labute approximate surface area is 91.9 Å². The lowest BCUT2D eigenvalue weighted by atomic mass is 10.2. The van der Waals surface area contributed by atoms with Crippen molar-refractivity contribution >= 4 is 28.4 Å². The van der Waals surface area contributed by atoms with Gasteiger partial charge in [0.2, 0.25) is 5.91 Å². The Morgan fingerprint density at radius 1 is 1.53 bits per heavy atom. The number of carbonyl (C=O) groups is 1. The smallest absolute Gasteiger partial charge is 0.230 e. The number of nitrogens with zero attached hydrogens (tertiary/aromatic N) is 1. The van der Waals surface area contributed by atoms with Gasteiger partial charge in [0.1, 0.15) is 5.75 Å². The van der Waals surface area contributed by atoms with Gasteiger partial charge in [0.25, 0.3) is 0 Å². The molecular weight excluding hydrogens is 214 g/mol. The predicted octanol–water partition coefficient (Wildman–Crippen LogP) is 3.05. The maximum atomic E-state index is 11.6. The van der Waals surface area contributed by atoms with E-state index in [0.717, 1.165) is 0 Å². The third-order valence-electron chi connectivity index (χ3n) is 2.32. The molecule has 0 aliphatic carbocycles. The number of rotatable bonds is 1. The van der Waals surface area contributed by atoms with Gasteiger partial charge in [0.05, 0.1) is 11.7 Å². The molecule has 15 heavy (non-hydrogen) atoms. The highest BCUT2D eigenvalue weighted by Crippen LogP contribution is 2.29. The number of fused-ring (bicyclic) bond motifs is 1. The first-order valence-electron chi connectivity index (χ1n) is 4.66. The first kappa shape index (κ1) is 10.1. The molecule has 3 nitrogen and oxygen atoms in total. The zero-order valence-electron chi connectivity index (χ0n) is 8.20. The normalized spacial score (nSPS) is 10.8. The van der Waals surface area contributed by atoms with Gasteiger partial charge < -0.3 is 5.11 Å². The van der Waals surface area contributed by atoms with Crippen LogP contribution in [0.4, 0.5) is 0 Å². The number of benzene rings is 1. The maximum absolute atomic E-state index is 11.6. The summed E-state index contributed by atoms with van der Waals surface area (Å²) in [5.74, 6) is 0.0334. The van der Waals surface area contributed by atoms with Crippen molar-refractivity contribution in [1.29, 1.82) is 0 Å². The van der Waals surface area contributed by atoms with Crippen molar-refractivity contribution in [1.82, 2.24) is 4.57 Å². The predicted molar refractivity (Wildman–Crippen MR) is 59.5 cm³/mol. The van der Waals surface area contributed by atoms with E-state index in [1.54, 1.807) is 25.1 Å². The molecule has 2 rings (SSSR count). The topological polar surface area (TPSA) is 42.2 Å². The van der Waals surface area contributed by atoms with Crippen LogP contribution in [0.5, 0.6) is 5.75 Å². The van der Waals surface area contributed by atoms with E-state index in [9.17, 15) is 9.90 Å². The monoisotopic (exact) mass is 223 g/mol. The molecule has 0 aliphatic heterocycles. The van der Waals surface area contributed by atoms with Crippen LogP contribution in [0.1, 0.15) is 18.1 Å². The standard InChI is InChI=1S/C11H10ClNO2/c1-2-11(15)13-6-10(14)8-4-3-7(12)5-9(8)13/h3-6,14H,2H2,1H3. The molecule has 1 aromatic carbocycles. The zero-order valence-corrected chi connectivity index (χ0v) is 8.95. The highest BCUT2D eigenvalue weighted by Gasteiger charge is 2.11. The van der Waals surface area contributed by atoms with E-state index in [2.05, 4.69) is 0 Å². The minimum absolute atomic E-state index is 0.0671. The van der Waals surface area contributed by atoms with Gasteiger partial charge in [-0.05, 0) is 18.2 Å². The average Bonchev–Trinajstić information content (AvgIpc) is 2.54. The van der Waals surface area contributed by atoms with E-state index in [0.29, 0.717) is 22.3 Å². The van der Waals surface area contributed by atoms with Crippen molar-refractivity contribution in [3.05, 3.63) is 29.4 Å². The summed E-state index contributed by atoms with van der Waals surface area (Å²) in [4.78, 5) is 11.6. The maximum Gasteiger partial charge on any atom is 0.230 e. The molecule has 0 bridgehead atoms. The van der Waals surface area contributed by atoms with Crippen molar-refractivity contribution in [2.45, 2.75) is 13.3 Å². The third kappa shape index (κ3) is 1.59. The molecular formula is C11H10ClNO2. The number of halogens is 1. The molecule has 1 heterocycles. The first-order chi connectivity index (χ1) is 7.13. The van der Waals surface area contributed by atoms with Crippen LogP contribution in [-0.4, -0.2) is 15.6 Å². The summed E-state index contributed by atoms with van der Waals surface area (Å²) in [6.45, 7) is 1.77. The number of aromatic hydroxyl groups is 1. The molecule has 0 saturated heterocycles. The van der Waals surface area contributed by atoms with Crippen molar-refractivity contribution in [3.8, 4) is 5.75 Å². The van der Waals surface area contributed by atoms with Crippen LogP contribution in [0.2, 0.25) is 5.02 Å². The fraction of sp³-hybridized carbons (Fsp3) is 0.182. The van der Waals surface area contributed by atoms with Gasteiger partial charge in [0.15, 0.2) is 0 Å². The zero-order chi connectivity index (χ0) is 11.0. The molecule has 0 aliphatic rings. The second-order valence-corrected chi connectivity index (χ2v) is 3.73. The number of aromatic nitrogens is 1. The molecule has 0 amide bonds. The quantitative estimate of drug-likeness (QED) is 0.808. The van der Waals surface area contributed by atoms with Crippen LogP contribution in [-0.2, 0) is 0 Å². The lowest BCUT2D eigenvalue weighted by Gasteiger charge is -2.00. The van der Waals surface area contributed by atoms with Gasteiger partial charge in [0, 0.05) is 16.8 Å². The van der Waals surface area contributed by atoms with Gasteiger partial charge in [-0.15, -0.1) is 0 Å². The van der Waals surface area contributed by atoms with Gasteiger partial charge in [-0.25, -0.2) is 0 Å². The second-order valence-electron chi connectivity index (χ2n) is 3.29. The molecule has 0 saturated carbocycles. The molecule has 0 spiro atoms. The van der Waals surface area contributed by atoms with Crippen LogP contribution in [0.25, 0.3) is 10.9 Å². The SMILES string of the molecule is CCC(=O)n1cc(O)c2ccc(Cl)cc21. The highest BCUT2D eigenvalue weighted by atomic mass is 35.5. The van der Waals surface area contributed by atoms with Crippen LogP contribution in [0.15, 0.2) is 24.4 Å². The van der Waals surface area contributed by atoms with E-state index < -0.39 is 0 Å². The summed E-state index contributed by atoms with van der Waals surface area (Å²) >= 11 is 5.84. The molecule has 1 N–H and O–H groups in total. The molecule has 2 aromatic rings. The minimum atomic E-state index is -0.0671. The fourth-order valence-electron chi connectivity index (χ4n) is 1.56. The van der Waals surface area contributed by atoms with Gasteiger partial charge >= 0.3 is 0 Å². The van der Waals surface area contributed by atoms with Crippen LogP contribution in [0.3, 0.4) is 0 Å². The summed E-state index contributed by atoms with van der Waals surface area (Å²) in [5, 5.41) is 10.8. The van der Waals surface area contributed by atoms with Crippen molar-refractivity contribution in [2.24, 2.45) is 0 Å². The Bertz CT molecular complexity index is 531. The second kappa shape index (κ2) is 3.59. The third-order valence-corrected chi connectivity index (χ3v) is 2.55. The van der Waals surface area contributed by atoms with Crippen molar-refractivity contribution < 1.29 is 9.90 Å². The Kier molecular flexibility index (Phi) is 2.40. The summed E-state index contributed by atoms with van der Waals surface area (Å²) in [7, 11) is 0. The molecule has 0 unspecified atom stereocenters. The average molecular weight is 224 g/mol. The largest absolute Gasteiger partial charge is 0.506 e. The first-order valence-corrected chi connectivity index (χ1v) is 5.04. The summed E-state index contributed by atoms with van der Waals surface area (Å²) in [6, 6.07) is 5.06. The fourth-order valence-corrected chi connectivity index (χ4v) is 1.73. The summed E-state index contributed by atoms with van der Waals surface area (Å²) < 4.78 is 1.43. The molecule has 0 fully saturated rings. The molecule has 0 atom stereocenters. The summed E-state index contributed by atoms with van der Waals surface area (Å²) in [6.07, 6.45) is 1.81. The van der Waals surface area contributed by atoms with Crippen LogP contribution >= 0.6 is 11.6 Å². The number of carbonyl (C=O) groups excluding carboxylic acids is 1. The van der Waals surface area contributed by atoms with E-state index in [-0.39, 0.29) is 11.7 Å². The molecule has 1 aromatic heterocycles. The van der Waals surface area contributed by atoms with Gasteiger partial charge in [-0.1, -0.05) is 18.5 Å². The lowest BCUT2D eigenvalue weighted by Crippen LogP contribution is -2.06. The van der Waals surface area contributed by atoms with E-state index in [1.165, 1.54) is 10.8 Å². The van der Waals surface area contributed by atoms with Crippen molar-refractivity contribution in [3.63, 3.8) is 0 Å². The van der Waals surface area contributed by atoms with Gasteiger partial charge in [-0.2, -0.15) is 0 Å². The molecule has 4 heteroatoms. The Morgan fingerprint density at radius 3 is 2.93 bits per heavy atom. The van der Waals surface area contributed by atoms with E-state index in [1.807, 2.05) is 0 Å². The van der Waals surface area contributed by atoms with E-state index >= 15 is 0 Å². The van der Waals surface area contributed by atoms with Crippen LogP contribution < -0.4 is 0 Å². The lowest BCUT2D eigenvalue weighted by molar-refractivity contribution is 0.0913. The molecule has 78 valence electrons. The number of hydrogen-bond acceptors (Lipinski definition) is 2. The van der Waals surface area contributed by atoms with Crippen molar-refractivity contribution in [2.75, 3.05) is 0 Å². The Balaban J connectivity index is 2.75. The minimum Gasteiger partial charge on any atom is -0.506 e. The van der Waals surface area contributed by atoms with Crippen LogP contribution in [0, 0.1) is 0 Å². The van der Waals surface area contributed by atoms with E-state index in [4.69, 9.17) is 11.6 Å². The Hall–Kier alpha value is -1.48. The highest BCUT2D eigenvalue weighted by molar-refractivity contribution is 6.31.